The number of nitrogens with two attached hydrogens (primary N) is 1. The highest BCUT2D eigenvalue weighted by Gasteiger charge is 2.19. The highest BCUT2D eigenvalue weighted by molar-refractivity contribution is 5.97. The summed E-state index contributed by atoms with van der Waals surface area (Å²) < 4.78 is 4.91. The van der Waals surface area contributed by atoms with Crippen LogP contribution in [0.1, 0.15) is 28.4 Å². The number of hydrogen-bond acceptors (Lipinski definition) is 4. The van der Waals surface area contributed by atoms with Crippen LogP contribution in [0.3, 0.4) is 0 Å². The van der Waals surface area contributed by atoms with Crippen LogP contribution in [-0.4, -0.2) is 23.8 Å². The number of nitrogens with one attached hydrogen (secondary N) is 1. The van der Waals surface area contributed by atoms with Gasteiger partial charge in [-0.2, -0.15) is 0 Å². The van der Waals surface area contributed by atoms with Gasteiger partial charge in [-0.05, 0) is 36.8 Å². The van der Waals surface area contributed by atoms with E-state index in [-0.39, 0.29) is 0 Å². The van der Waals surface area contributed by atoms with E-state index in [1.165, 1.54) is 31.2 Å². The summed E-state index contributed by atoms with van der Waals surface area (Å²) in [7, 11) is 0. The molecule has 2 amide bonds. The molecule has 0 radical (unpaired) electrons. The van der Waals surface area contributed by atoms with E-state index in [1.807, 2.05) is 31.2 Å². The topological polar surface area (TPSA) is 98.5 Å². The molecule has 6 nitrogen and oxygen atoms in total. The van der Waals surface area contributed by atoms with Gasteiger partial charge in [-0.3, -0.25) is 14.4 Å². The fourth-order valence-electron chi connectivity index (χ4n) is 2.38. The molecule has 0 bridgehead atoms. The first-order valence-electron chi connectivity index (χ1n) is 7.79. The van der Waals surface area contributed by atoms with Gasteiger partial charge in [0.05, 0.1) is 0 Å². The molecule has 0 unspecified atom stereocenters. The highest BCUT2D eigenvalue weighted by Crippen LogP contribution is 2.13. The van der Waals surface area contributed by atoms with Crippen molar-refractivity contribution < 1.29 is 19.1 Å². The minimum absolute atomic E-state index is 0.314. The Labute approximate surface area is 146 Å². The molecule has 0 aromatic heterocycles. The summed E-state index contributed by atoms with van der Waals surface area (Å²) in [5, 5.41) is 2.64. The molecule has 0 saturated carbocycles. The van der Waals surface area contributed by atoms with Crippen LogP contribution in [0.4, 0.5) is 0 Å². The molecule has 0 aliphatic heterocycles. The predicted octanol–water partition coefficient (Wildman–Crippen LogP) is 1.75. The Bertz CT molecular complexity index is 784. The van der Waals surface area contributed by atoms with Crippen LogP contribution in [0.25, 0.3) is 0 Å². The Balaban J connectivity index is 2.07. The molecule has 3 N–H and O–H groups in total. The Morgan fingerprint density at radius 2 is 1.80 bits per heavy atom. The predicted molar refractivity (Wildman–Crippen MR) is 93.1 cm³/mol. The van der Waals surface area contributed by atoms with Crippen molar-refractivity contribution in [3.05, 3.63) is 65.2 Å². The summed E-state index contributed by atoms with van der Waals surface area (Å²) in [6.07, 6.45) is 0.314. The first kappa shape index (κ1) is 18.2. The fraction of sp³-hybridized carbons (Fsp3) is 0.211. The second-order valence-corrected chi connectivity index (χ2v) is 5.74. The van der Waals surface area contributed by atoms with Crippen molar-refractivity contribution in [2.75, 3.05) is 0 Å². The largest absolute Gasteiger partial charge is 0.427 e. The summed E-state index contributed by atoms with van der Waals surface area (Å²) in [5.41, 5.74) is 7.73. The highest BCUT2D eigenvalue weighted by atomic mass is 16.5. The fourth-order valence-corrected chi connectivity index (χ4v) is 2.38. The van der Waals surface area contributed by atoms with Crippen molar-refractivity contribution in [1.82, 2.24) is 5.32 Å². The third-order valence-corrected chi connectivity index (χ3v) is 3.55. The molecule has 25 heavy (non-hydrogen) atoms. The van der Waals surface area contributed by atoms with Gasteiger partial charge in [0.1, 0.15) is 11.8 Å². The average molecular weight is 340 g/mol. The molecule has 2 rings (SSSR count). The van der Waals surface area contributed by atoms with Crippen molar-refractivity contribution in [2.24, 2.45) is 5.73 Å². The number of benzene rings is 2. The molecule has 130 valence electrons. The van der Waals surface area contributed by atoms with E-state index in [0.29, 0.717) is 17.7 Å². The first-order chi connectivity index (χ1) is 11.8. The monoisotopic (exact) mass is 340 g/mol. The lowest BCUT2D eigenvalue weighted by molar-refractivity contribution is -0.131. The van der Waals surface area contributed by atoms with Gasteiger partial charge >= 0.3 is 5.97 Å². The Hall–Kier alpha value is -3.15. The van der Waals surface area contributed by atoms with Crippen molar-refractivity contribution in [1.29, 1.82) is 0 Å². The molecular formula is C19H20N2O4. The van der Waals surface area contributed by atoms with Crippen LogP contribution in [0.5, 0.6) is 5.75 Å². The number of esters is 1. The van der Waals surface area contributed by atoms with E-state index in [0.717, 1.165) is 11.1 Å². The summed E-state index contributed by atoms with van der Waals surface area (Å²) in [6.45, 7) is 3.25. The van der Waals surface area contributed by atoms with Crippen LogP contribution in [0.15, 0.2) is 48.5 Å². The quantitative estimate of drug-likeness (QED) is 0.618. The Morgan fingerprint density at radius 3 is 2.36 bits per heavy atom. The third kappa shape index (κ3) is 5.46. The number of ether oxygens (including phenoxy) is 1. The SMILES string of the molecule is CC(=O)Oc1ccc(C(=O)N[C@@H](Cc2cccc(C)c2)C(N)=O)cc1. The van der Waals surface area contributed by atoms with E-state index in [2.05, 4.69) is 5.32 Å². The second kappa shape index (κ2) is 8.10. The van der Waals surface area contributed by atoms with Gasteiger partial charge in [0.15, 0.2) is 0 Å². The number of amides is 2. The average Bonchev–Trinajstić information content (AvgIpc) is 2.54. The second-order valence-electron chi connectivity index (χ2n) is 5.74. The van der Waals surface area contributed by atoms with E-state index < -0.39 is 23.8 Å². The number of aryl methyl sites for hydroxylation is 1. The van der Waals surface area contributed by atoms with Gasteiger partial charge in [-0.25, -0.2) is 0 Å². The molecular weight excluding hydrogens is 320 g/mol. The van der Waals surface area contributed by atoms with Crippen LogP contribution in [0, 0.1) is 6.92 Å². The van der Waals surface area contributed by atoms with Gasteiger partial charge in [0, 0.05) is 18.9 Å². The summed E-state index contributed by atoms with van der Waals surface area (Å²) in [4.78, 5) is 34.9. The number of primary amides is 1. The summed E-state index contributed by atoms with van der Waals surface area (Å²) in [5.74, 6) is -1.13. The molecule has 1 atom stereocenters. The first-order valence-corrected chi connectivity index (χ1v) is 7.79. The zero-order valence-electron chi connectivity index (χ0n) is 14.1. The molecule has 0 aliphatic carbocycles. The lowest BCUT2D eigenvalue weighted by Crippen LogP contribution is -2.45. The van der Waals surface area contributed by atoms with Crippen molar-refractivity contribution in [3.63, 3.8) is 0 Å². The zero-order chi connectivity index (χ0) is 18.4. The number of rotatable bonds is 6. The molecule has 6 heteroatoms. The van der Waals surface area contributed by atoms with E-state index >= 15 is 0 Å². The molecule has 0 heterocycles. The minimum Gasteiger partial charge on any atom is -0.427 e. The van der Waals surface area contributed by atoms with Gasteiger partial charge in [-0.15, -0.1) is 0 Å². The lowest BCUT2D eigenvalue weighted by atomic mass is 10.0. The van der Waals surface area contributed by atoms with Gasteiger partial charge in [0.25, 0.3) is 5.91 Å². The van der Waals surface area contributed by atoms with Gasteiger partial charge in [0.2, 0.25) is 5.91 Å². The molecule has 0 fully saturated rings. The zero-order valence-corrected chi connectivity index (χ0v) is 14.1. The van der Waals surface area contributed by atoms with Crippen LogP contribution >= 0.6 is 0 Å². The minimum atomic E-state index is -0.817. The Morgan fingerprint density at radius 1 is 1.12 bits per heavy atom. The molecule has 2 aromatic rings. The normalized spacial score (nSPS) is 11.4. The van der Waals surface area contributed by atoms with Gasteiger partial charge in [-0.1, -0.05) is 29.8 Å². The maximum atomic E-state index is 12.3. The van der Waals surface area contributed by atoms with Crippen molar-refractivity contribution in [3.8, 4) is 5.75 Å². The smallest absolute Gasteiger partial charge is 0.308 e. The molecule has 0 spiro atoms. The van der Waals surface area contributed by atoms with E-state index in [1.54, 1.807) is 0 Å². The lowest BCUT2D eigenvalue weighted by Gasteiger charge is -2.16. The van der Waals surface area contributed by atoms with Crippen LogP contribution < -0.4 is 15.8 Å². The van der Waals surface area contributed by atoms with Gasteiger partial charge < -0.3 is 15.8 Å². The number of carbonyl (C=O) groups is 3. The Kier molecular flexibility index (Phi) is 5.89. The van der Waals surface area contributed by atoms with Crippen LogP contribution in [-0.2, 0) is 16.0 Å². The molecule has 2 aromatic carbocycles. The van der Waals surface area contributed by atoms with Crippen molar-refractivity contribution in [2.45, 2.75) is 26.3 Å². The van der Waals surface area contributed by atoms with E-state index in [9.17, 15) is 14.4 Å². The van der Waals surface area contributed by atoms with E-state index in [4.69, 9.17) is 10.5 Å². The molecule has 0 saturated heterocycles. The standard InChI is InChI=1S/C19H20N2O4/c1-12-4-3-5-14(10-12)11-17(18(20)23)21-19(24)15-6-8-16(9-7-15)25-13(2)22/h3-10,17H,11H2,1-2H3,(H2,20,23)(H,21,24)/t17-/m0/s1. The maximum Gasteiger partial charge on any atom is 0.308 e. The summed E-state index contributed by atoms with van der Waals surface area (Å²) >= 11 is 0. The summed E-state index contributed by atoms with van der Waals surface area (Å²) in [6, 6.07) is 12.9. The van der Waals surface area contributed by atoms with Crippen molar-refractivity contribution >= 4 is 17.8 Å². The third-order valence-electron chi connectivity index (χ3n) is 3.55. The van der Waals surface area contributed by atoms with Crippen LogP contribution in [0.2, 0.25) is 0 Å². The number of carbonyl (C=O) groups excluding carboxylic acids is 3. The number of hydrogen-bond donors (Lipinski definition) is 2. The maximum absolute atomic E-state index is 12.3. The molecule has 0 aliphatic rings.